The number of unbranched alkanes of at least 4 members (excludes halogenated alkanes) is 1. The number of fused-ring (bicyclic) bond motifs is 1. The number of ether oxygens (including phenoxy) is 1. The second-order valence-corrected chi connectivity index (χ2v) is 11.2. The Kier molecular flexibility index (Phi) is 8.45. The number of hydrogen-bond acceptors (Lipinski definition) is 5. The van der Waals surface area contributed by atoms with E-state index < -0.39 is 0 Å². The number of piperazine rings is 1. The van der Waals surface area contributed by atoms with Gasteiger partial charge < -0.3 is 14.5 Å². The van der Waals surface area contributed by atoms with Gasteiger partial charge in [-0.3, -0.25) is 14.5 Å². The lowest BCUT2D eigenvalue weighted by atomic mass is 9.90. The molecule has 0 bridgehead atoms. The fourth-order valence-corrected chi connectivity index (χ4v) is 6.34. The molecular formula is C31H37N3O3S. The number of rotatable bonds is 8. The van der Waals surface area contributed by atoms with Crippen LogP contribution in [0, 0.1) is 6.92 Å². The smallest absolute Gasteiger partial charge is 0.253 e. The maximum absolute atomic E-state index is 13.4. The highest BCUT2D eigenvalue weighted by molar-refractivity contribution is 7.10. The minimum atomic E-state index is 0.0119. The van der Waals surface area contributed by atoms with Crippen molar-refractivity contribution in [2.75, 3.05) is 45.9 Å². The summed E-state index contributed by atoms with van der Waals surface area (Å²) in [5.41, 5.74) is 4.52. The van der Waals surface area contributed by atoms with Crippen LogP contribution in [-0.2, 0) is 11.2 Å². The van der Waals surface area contributed by atoms with Crippen LogP contribution in [0.15, 0.2) is 60.0 Å². The Morgan fingerprint density at radius 3 is 2.39 bits per heavy atom. The van der Waals surface area contributed by atoms with E-state index in [1.54, 1.807) is 0 Å². The van der Waals surface area contributed by atoms with Gasteiger partial charge in [-0.05, 0) is 72.2 Å². The molecule has 0 aliphatic carbocycles. The second-order valence-electron chi connectivity index (χ2n) is 10.2. The first-order chi connectivity index (χ1) is 18.5. The van der Waals surface area contributed by atoms with E-state index in [4.69, 9.17) is 4.74 Å². The average Bonchev–Trinajstić information content (AvgIpc) is 3.43. The standard InChI is InChI=1S/C31H37N3O3S/c1-3-4-20-37-25-11-9-24(10-12-25)31(36)33-18-16-32(17-19-33)29(35)22-34-15-13-28-27(14-21-38-28)30(34)26-8-6-5-7-23(26)2/h5-12,14,21,30H,3-4,13,15-20,22H2,1-2H3. The molecule has 0 spiro atoms. The molecule has 3 heterocycles. The highest BCUT2D eigenvalue weighted by Gasteiger charge is 2.33. The zero-order valence-corrected chi connectivity index (χ0v) is 23.2. The molecule has 3 aromatic rings. The van der Waals surface area contributed by atoms with Crippen LogP contribution in [0.4, 0.5) is 0 Å². The zero-order valence-electron chi connectivity index (χ0n) is 22.4. The first kappa shape index (κ1) is 26.4. The summed E-state index contributed by atoms with van der Waals surface area (Å²) in [6.07, 6.45) is 3.09. The van der Waals surface area contributed by atoms with Crippen LogP contribution < -0.4 is 4.74 Å². The summed E-state index contributed by atoms with van der Waals surface area (Å²) in [6.45, 7) is 8.47. The van der Waals surface area contributed by atoms with Gasteiger partial charge >= 0.3 is 0 Å². The number of carbonyl (C=O) groups excluding carboxylic acids is 2. The molecule has 0 saturated carbocycles. The lowest BCUT2D eigenvalue weighted by Gasteiger charge is -2.39. The SMILES string of the molecule is CCCCOc1ccc(C(=O)N2CCN(C(=O)CN3CCc4sccc4C3c3ccccc3C)CC2)cc1. The zero-order chi connectivity index (χ0) is 26.5. The predicted molar refractivity (Wildman–Crippen MR) is 152 cm³/mol. The van der Waals surface area contributed by atoms with Crippen molar-refractivity contribution in [1.29, 1.82) is 0 Å². The van der Waals surface area contributed by atoms with Crippen molar-refractivity contribution in [3.63, 3.8) is 0 Å². The lowest BCUT2D eigenvalue weighted by molar-refractivity contribution is -0.134. The Balaban J connectivity index is 1.19. The van der Waals surface area contributed by atoms with Crippen molar-refractivity contribution in [3.8, 4) is 5.75 Å². The molecule has 200 valence electrons. The lowest BCUT2D eigenvalue weighted by Crippen LogP contribution is -2.53. The number of aryl methyl sites for hydroxylation is 1. The van der Waals surface area contributed by atoms with Gasteiger partial charge in [0.15, 0.2) is 0 Å². The number of amides is 2. The van der Waals surface area contributed by atoms with Crippen molar-refractivity contribution in [3.05, 3.63) is 87.1 Å². The van der Waals surface area contributed by atoms with Crippen LogP contribution in [-0.4, -0.2) is 72.4 Å². The molecule has 0 N–H and O–H groups in total. The highest BCUT2D eigenvalue weighted by atomic mass is 32.1. The molecule has 38 heavy (non-hydrogen) atoms. The van der Waals surface area contributed by atoms with Crippen LogP contribution in [0.3, 0.4) is 0 Å². The summed E-state index contributed by atoms with van der Waals surface area (Å²) in [4.78, 5) is 34.0. The van der Waals surface area contributed by atoms with E-state index in [0.29, 0.717) is 44.9 Å². The summed E-state index contributed by atoms with van der Waals surface area (Å²) in [5, 5.41) is 2.17. The van der Waals surface area contributed by atoms with Gasteiger partial charge in [-0.1, -0.05) is 37.6 Å². The Morgan fingerprint density at radius 1 is 0.921 bits per heavy atom. The predicted octanol–water partition coefficient (Wildman–Crippen LogP) is 5.17. The molecule has 0 radical (unpaired) electrons. The normalized spacial score (nSPS) is 17.8. The van der Waals surface area contributed by atoms with E-state index in [2.05, 4.69) is 54.5 Å². The Bertz CT molecular complexity index is 1250. The molecule has 2 aliphatic rings. The van der Waals surface area contributed by atoms with Crippen molar-refractivity contribution >= 4 is 23.2 Å². The quantitative estimate of drug-likeness (QED) is 0.377. The summed E-state index contributed by atoms with van der Waals surface area (Å²) >= 11 is 1.82. The van der Waals surface area contributed by atoms with E-state index in [1.807, 2.05) is 45.4 Å². The van der Waals surface area contributed by atoms with E-state index in [9.17, 15) is 9.59 Å². The van der Waals surface area contributed by atoms with Gasteiger partial charge in [0, 0.05) is 43.2 Å². The molecule has 1 aromatic heterocycles. The minimum absolute atomic E-state index is 0.0119. The monoisotopic (exact) mass is 531 g/mol. The highest BCUT2D eigenvalue weighted by Crippen LogP contribution is 2.38. The van der Waals surface area contributed by atoms with Gasteiger partial charge in [-0.25, -0.2) is 0 Å². The van der Waals surface area contributed by atoms with Crippen LogP contribution in [0.2, 0.25) is 0 Å². The third-order valence-electron chi connectivity index (χ3n) is 7.67. The molecule has 7 heteroatoms. The van der Waals surface area contributed by atoms with Crippen molar-refractivity contribution < 1.29 is 14.3 Å². The third kappa shape index (κ3) is 5.79. The number of carbonyl (C=O) groups is 2. The van der Waals surface area contributed by atoms with Crippen molar-refractivity contribution in [1.82, 2.24) is 14.7 Å². The fourth-order valence-electron chi connectivity index (χ4n) is 5.44. The largest absolute Gasteiger partial charge is 0.494 e. The van der Waals surface area contributed by atoms with Crippen LogP contribution >= 0.6 is 11.3 Å². The molecule has 1 fully saturated rings. The minimum Gasteiger partial charge on any atom is -0.494 e. The van der Waals surface area contributed by atoms with Crippen LogP contribution in [0.1, 0.15) is 57.7 Å². The molecule has 2 aliphatic heterocycles. The van der Waals surface area contributed by atoms with Gasteiger partial charge in [0.05, 0.1) is 19.2 Å². The maximum Gasteiger partial charge on any atom is 0.253 e. The van der Waals surface area contributed by atoms with Gasteiger partial charge in [0.25, 0.3) is 5.91 Å². The summed E-state index contributed by atoms with van der Waals surface area (Å²) < 4.78 is 5.71. The van der Waals surface area contributed by atoms with E-state index in [0.717, 1.165) is 31.6 Å². The van der Waals surface area contributed by atoms with Gasteiger partial charge in [0.1, 0.15) is 5.75 Å². The topological polar surface area (TPSA) is 53.1 Å². The first-order valence-corrected chi connectivity index (χ1v) is 14.6. The van der Waals surface area contributed by atoms with Gasteiger partial charge in [-0.15, -0.1) is 11.3 Å². The fraction of sp³-hybridized carbons (Fsp3) is 0.419. The third-order valence-corrected chi connectivity index (χ3v) is 8.67. The summed E-state index contributed by atoms with van der Waals surface area (Å²) in [5.74, 6) is 0.947. The van der Waals surface area contributed by atoms with Crippen molar-refractivity contribution in [2.45, 2.75) is 39.2 Å². The van der Waals surface area contributed by atoms with Gasteiger partial charge in [-0.2, -0.15) is 0 Å². The molecule has 2 amide bonds. The number of nitrogens with zero attached hydrogens (tertiary/aromatic N) is 3. The summed E-state index contributed by atoms with van der Waals surface area (Å²) in [6, 6.07) is 18.2. The number of hydrogen-bond donors (Lipinski definition) is 0. The molecule has 2 aromatic carbocycles. The average molecular weight is 532 g/mol. The van der Waals surface area contributed by atoms with Crippen LogP contribution in [0.25, 0.3) is 0 Å². The first-order valence-electron chi connectivity index (χ1n) is 13.7. The molecule has 5 rings (SSSR count). The maximum atomic E-state index is 13.4. The molecule has 6 nitrogen and oxygen atoms in total. The van der Waals surface area contributed by atoms with Gasteiger partial charge in [0.2, 0.25) is 5.91 Å². The molecule has 1 saturated heterocycles. The van der Waals surface area contributed by atoms with E-state index in [-0.39, 0.29) is 17.9 Å². The Morgan fingerprint density at radius 2 is 1.66 bits per heavy atom. The summed E-state index contributed by atoms with van der Waals surface area (Å²) in [7, 11) is 0. The van der Waals surface area contributed by atoms with E-state index >= 15 is 0 Å². The molecular weight excluding hydrogens is 494 g/mol. The Hall–Kier alpha value is -3.16. The number of thiophene rings is 1. The van der Waals surface area contributed by atoms with E-state index in [1.165, 1.54) is 21.6 Å². The van der Waals surface area contributed by atoms with Crippen LogP contribution in [0.5, 0.6) is 5.75 Å². The second kappa shape index (κ2) is 12.1. The Labute approximate surface area is 229 Å². The van der Waals surface area contributed by atoms with Crippen molar-refractivity contribution in [2.24, 2.45) is 0 Å². The molecule has 1 atom stereocenters. The number of benzene rings is 2. The molecule has 1 unspecified atom stereocenters.